The summed E-state index contributed by atoms with van der Waals surface area (Å²) in [6.07, 6.45) is 1.18. The van der Waals surface area contributed by atoms with Crippen molar-refractivity contribution in [2.24, 2.45) is 5.92 Å². The van der Waals surface area contributed by atoms with Gasteiger partial charge in [0.2, 0.25) is 11.8 Å². The molecule has 5 nitrogen and oxygen atoms in total. The summed E-state index contributed by atoms with van der Waals surface area (Å²) in [4.78, 5) is 31.8. The summed E-state index contributed by atoms with van der Waals surface area (Å²) in [7, 11) is 0. The third-order valence-electron chi connectivity index (χ3n) is 4.86. The summed E-state index contributed by atoms with van der Waals surface area (Å²) in [5.41, 5.74) is 5.07. The first kappa shape index (κ1) is 18.6. The molecular weight excluding hydrogens is 346 g/mol. The van der Waals surface area contributed by atoms with E-state index >= 15 is 0 Å². The number of carbonyl (C=O) groups excluding carboxylic acids is 2. The first-order valence-electron chi connectivity index (χ1n) is 9.06. The van der Waals surface area contributed by atoms with Crippen LogP contribution in [-0.4, -0.2) is 34.3 Å². The van der Waals surface area contributed by atoms with Crippen LogP contribution in [0.25, 0.3) is 10.4 Å². The van der Waals surface area contributed by atoms with Crippen molar-refractivity contribution in [3.8, 4) is 10.4 Å². The van der Waals surface area contributed by atoms with Crippen LogP contribution in [0.1, 0.15) is 37.9 Å². The predicted octanol–water partition coefficient (Wildman–Crippen LogP) is 3.38. The Morgan fingerprint density at radius 1 is 1.31 bits per heavy atom. The van der Waals surface area contributed by atoms with Crippen LogP contribution < -0.4 is 5.32 Å². The third-order valence-corrected chi connectivity index (χ3v) is 5.84. The minimum atomic E-state index is -0.337. The van der Waals surface area contributed by atoms with Gasteiger partial charge in [-0.3, -0.25) is 9.59 Å². The largest absolute Gasteiger partial charge is 0.350 e. The predicted molar refractivity (Wildman–Crippen MR) is 104 cm³/mol. The van der Waals surface area contributed by atoms with Crippen molar-refractivity contribution in [1.82, 2.24) is 15.2 Å². The van der Waals surface area contributed by atoms with Crippen LogP contribution in [0.4, 0.5) is 0 Å². The molecule has 0 saturated carbocycles. The maximum absolute atomic E-state index is 12.6. The molecule has 1 N–H and O–H groups in total. The SMILES string of the molecule is CCC(=O)N1CC(C)CC1C(=O)NCc1ccc(-c2scnc2C)cc1. The number of aromatic nitrogens is 1. The standard InChI is InChI=1S/C20H25N3O2S/c1-4-18(24)23-11-13(2)9-17(23)20(25)21-10-15-5-7-16(8-6-15)19-14(3)22-12-26-19/h5-8,12-13,17H,4,9-11H2,1-3H3,(H,21,25). The Morgan fingerprint density at radius 2 is 2.04 bits per heavy atom. The van der Waals surface area contributed by atoms with E-state index in [1.54, 1.807) is 16.2 Å². The molecule has 1 aromatic carbocycles. The van der Waals surface area contributed by atoms with Gasteiger partial charge in [0.1, 0.15) is 6.04 Å². The average molecular weight is 372 g/mol. The van der Waals surface area contributed by atoms with Crippen molar-refractivity contribution in [3.63, 3.8) is 0 Å². The Morgan fingerprint density at radius 3 is 2.65 bits per heavy atom. The molecule has 1 aromatic heterocycles. The molecule has 2 atom stereocenters. The van der Waals surface area contributed by atoms with Crippen LogP contribution in [0, 0.1) is 12.8 Å². The molecule has 26 heavy (non-hydrogen) atoms. The first-order chi connectivity index (χ1) is 12.5. The maximum atomic E-state index is 12.6. The number of rotatable bonds is 5. The molecule has 3 rings (SSSR count). The van der Waals surface area contributed by atoms with Crippen molar-refractivity contribution in [2.45, 2.75) is 46.2 Å². The van der Waals surface area contributed by atoms with E-state index in [-0.39, 0.29) is 17.9 Å². The van der Waals surface area contributed by atoms with Gasteiger partial charge in [-0.15, -0.1) is 11.3 Å². The number of nitrogens with one attached hydrogen (secondary N) is 1. The molecule has 0 spiro atoms. The quantitative estimate of drug-likeness (QED) is 0.876. The monoisotopic (exact) mass is 371 g/mol. The lowest BCUT2D eigenvalue weighted by Crippen LogP contribution is -2.45. The molecule has 1 aliphatic heterocycles. The molecule has 0 bridgehead atoms. The van der Waals surface area contributed by atoms with E-state index in [2.05, 4.69) is 29.4 Å². The lowest BCUT2D eigenvalue weighted by atomic mass is 10.1. The van der Waals surface area contributed by atoms with Gasteiger partial charge < -0.3 is 10.2 Å². The normalized spacial score (nSPS) is 19.6. The summed E-state index contributed by atoms with van der Waals surface area (Å²) in [5, 5.41) is 2.99. The number of aryl methyl sites for hydroxylation is 1. The number of benzene rings is 1. The Balaban J connectivity index is 1.61. The minimum absolute atomic E-state index is 0.0544. The summed E-state index contributed by atoms with van der Waals surface area (Å²) in [5.74, 6) is 0.362. The van der Waals surface area contributed by atoms with Crippen LogP contribution in [-0.2, 0) is 16.1 Å². The number of amides is 2. The number of hydrogen-bond donors (Lipinski definition) is 1. The van der Waals surface area contributed by atoms with Crippen molar-refractivity contribution in [1.29, 1.82) is 0 Å². The average Bonchev–Trinajstić information content (AvgIpc) is 3.25. The van der Waals surface area contributed by atoms with Crippen LogP contribution in [0.5, 0.6) is 0 Å². The smallest absolute Gasteiger partial charge is 0.243 e. The second-order valence-electron chi connectivity index (χ2n) is 6.94. The Hall–Kier alpha value is -2.21. The summed E-state index contributed by atoms with van der Waals surface area (Å²) >= 11 is 1.63. The van der Waals surface area contributed by atoms with E-state index in [9.17, 15) is 9.59 Å². The molecule has 2 amide bonds. The fraction of sp³-hybridized carbons (Fsp3) is 0.450. The molecule has 1 aliphatic rings. The van der Waals surface area contributed by atoms with E-state index in [4.69, 9.17) is 0 Å². The van der Waals surface area contributed by atoms with E-state index in [0.29, 0.717) is 25.4 Å². The zero-order valence-electron chi connectivity index (χ0n) is 15.5. The molecule has 1 saturated heterocycles. The van der Waals surface area contributed by atoms with Crippen LogP contribution in [0.2, 0.25) is 0 Å². The fourth-order valence-corrected chi connectivity index (χ4v) is 4.24. The van der Waals surface area contributed by atoms with Crippen LogP contribution in [0.3, 0.4) is 0 Å². The van der Waals surface area contributed by atoms with Gasteiger partial charge in [-0.2, -0.15) is 0 Å². The molecule has 2 unspecified atom stereocenters. The lowest BCUT2D eigenvalue weighted by molar-refractivity contribution is -0.138. The topological polar surface area (TPSA) is 62.3 Å². The molecular formula is C20H25N3O2S. The highest BCUT2D eigenvalue weighted by Gasteiger charge is 2.36. The van der Waals surface area contributed by atoms with Crippen molar-refractivity contribution >= 4 is 23.2 Å². The summed E-state index contributed by atoms with van der Waals surface area (Å²) in [6.45, 7) is 7.08. The number of likely N-dealkylation sites (tertiary alicyclic amines) is 1. The number of nitrogens with zero attached hydrogens (tertiary/aromatic N) is 2. The van der Waals surface area contributed by atoms with Gasteiger partial charge in [0.05, 0.1) is 16.1 Å². The first-order valence-corrected chi connectivity index (χ1v) is 9.94. The highest BCUT2D eigenvalue weighted by atomic mass is 32.1. The van der Waals surface area contributed by atoms with E-state index in [1.807, 2.05) is 31.5 Å². The third kappa shape index (κ3) is 3.96. The molecule has 2 aromatic rings. The molecule has 0 radical (unpaired) electrons. The Bertz CT molecular complexity index is 785. The second-order valence-corrected chi connectivity index (χ2v) is 7.79. The maximum Gasteiger partial charge on any atom is 0.243 e. The number of thiazole rings is 1. The van der Waals surface area contributed by atoms with Crippen LogP contribution >= 0.6 is 11.3 Å². The zero-order chi connectivity index (χ0) is 18.7. The highest BCUT2D eigenvalue weighted by Crippen LogP contribution is 2.27. The molecule has 0 aliphatic carbocycles. The lowest BCUT2D eigenvalue weighted by Gasteiger charge is -2.23. The zero-order valence-corrected chi connectivity index (χ0v) is 16.3. The fourth-order valence-electron chi connectivity index (χ4n) is 3.43. The molecule has 1 fully saturated rings. The number of hydrogen-bond acceptors (Lipinski definition) is 4. The van der Waals surface area contributed by atoms with Crippen molar-refractivity contribution < 1.29 is 9.59 Å². The summed E-state index contributed by atoms with van der Waals surface area (Å²) in [6, 6.07) is 7.85. The van der Waals surface area contributed by atoms with Crippen LogP contribution in [0.15, 0.2) is 29.8 Å². The van der Waals surface area contributed by atoms with Crippen molar-refractivity contribution in [2.75, 3.05) is 6.54 Å². The second kappa shape index (κ2) is 7.99. The molecule has 2 heterocycles. The van der Waals surface area contributed by atoms with Gasteiger partial charge in [-0.05, 0) is 30.4 Å². The molecule has 6 heteroatoms. The van der Waals surface area contributed by atoms with Gasteiger partial charge >= 0.3 is 0 Å². The van der Waals surface area contributed by atoms with E-state index in [1.165, 1.54) is 4.88 Å². The van der Waals surface area contributed by atoms with Gasteiger partial charge in [0, 0.05) is 19.5 Å². The van der Waals surface area contributed by atoms with Gasteiger partial charge in [0.15, 0.2) is 0 Å². The van der Waals surface area contributed by atoms with Gasteiger partial charge in [0.25, 0.3) is 0 Å². The summed E-state index contributed by atoms with van der Waals surface area (Å²) < 4.78 is 0. The Labute approximate surface area is 158 Å². The minimum Gasteiger partial charge on any atom is -0.350 e. The van der Waals surface area contributed by atoms with Gasteiger partial charge in [-0.1, -0.05) is 38.1 Å². The highest BCUT2D eigenvalue weighted by molar-refractivity contribution is 7.13. The van der Waals surface area contributed by atoms with Gasteiger partial charge in [-0.25, -0.2) is 4.98 Å². The van der Waals surface area contributed by atoms with E-state index < -0.39 is 0 Å². The van der Waals surface area contributed by atoms with E-state index in [0.717, 1.165) is 23.2 Å². The number of carbonyl (C=O) groups is 2. The Kier molecular flexibility index (Phi) is 5.71. The molecule has 138 valence electrons. The van der Waals surface area contributed by atoms with Crippen molar-refractivity contribution in [3.05, 3.63) is 41.0 Å².